The van der Waals surface area contributed by atoms with Crippen LogP contribution in [0.4, 0.5) is 4.39 Å². The van der Waals surface area contributed by atoms with Crippen molar-refractivity contribution >= 4 is 5.91 Å². The average molecular weight is 389 g/mol. The molecule has 2 aromatic carbocycles. The Labute approximate surface area is 168 Å². The number of aromatic nitrogens is 2. The van der Waals surface area contributed by atoms with Gasteiger partial charge in [-0.25, -0.2) is 4.39 Å². The van der Waals surface area contributed by atoms with E-state index in [0.717, 1.165) is 23.3 Å². The maximum absolute atomic E-state index is 13.0. The molecule has 3 aromatic rings. The molecule has 1 amide bonds. The van der Waals surface area contributed by atoms with Crippen LogP contribution in [0, 0.1) is 17.7 Å². The minimum Gasteiger partial charge on any atom is -0.481 e. The Bertz CT molecular complexity index is 1050. The number of ether oxygens (including phenoxy) is 1. The summed E-state index contributed by atoms with van der Waals surface area (Å²) in [7, 11) is 0. The second-order valence-corrected chi connectivity index (χ2v) is 6.10. The number of halogens is 1. The summed E-state index contributed by atoms with van der Waals surface area (Å²) in [6.45, 7) is 4.14. The lowest BCUT2D eigenvalue weighted by Gasteiger charge is -2.07. The second kappa shape index (κ2) is 9.90. The molecule has 0 bridgehead atoms. The smallest absolute Gasteiger partial charge is 0.270 e. The predicted octanol–water partition coefficient (Wildman–Crippen LogP) is 3.76. The molecule has 0 saturated carbocycles. The molecule has 0 aliphatic rings. The van der Waals surface area contributed by atoms with Gasteiger partial charge in [0.15, 0.2) is 0 Å². The number of aromatic amines is 1. The van der Waals surface area contributed by atoms with Gasteiger partial charge in [-0.05, 0) is 48.4 Å². The summed E-state index contributed by atoms with van der Waals surface area (Å²) in [5.41, 5.74) is 2.64. The molecular formula is C23H20FN3O2. The van der Waals surface area contributed by atoms with Gasteiger partial charge >= 0.3 is 0 Å². The Balaban J connectivity index is 1.47. The molecule has 6 heteroatoms. The third-order valence-corrected chi connectivity index (χ3v) is 4.06. The van der Waals surface area contributed by atoms with E-state index in [1.807, 2.05) is 30.3 Å². The van der Waals surface area contributed by atoms with Crippen molar-refractivity contribution in [3.8, 4) is 28.8 Å². The van der Waals surface area contributed by atoms with Crippen molar-refractivity contribution in [2.75, 3.05) is 13.2 Å². The summed E-state index contributed by atoms with van der Waals surface area (Å²) in [4.78, 5) is 12.2. The van der Waals surface area contributed by atoms with Crippen LogP contribution in [0.25, 0.3) is 11.3 Å². The van der Waals surface area contributed by atoms with Crippen LogP contribution in [0.2, 0.25) is 0 Å². The number of nitrogens with zero attached hydrogens (tertiary/aromatic N) is 1. The Morgan fingerprint density at radius 2 is 2.00 bits per heavy atom. The molecule has 29 heavy (non-hydrogen) atoms. The van der Waals surface area contributed by atoms with E-state index in [-0.39, 0.29) is 24.9 Å². The summed E-state index contributed by atoms with van der Waals surface area (Å²) >= 11 is 0. The molecule has 1 aromatic heterocycles. The number of nitrogens with one attached hydrogen (secondary N) is 2. The first kappa shape index (κ1) is 19.9. The first-order valence-electron chi connectivity index (χ1n) is 9.04. The van der Waals surface area contributed by atoms with Crippen molar-refractivity contribution in [2.45, 2.75) is 6.42 Å². The molecule has 0 spiro atoms. The highest BCUT2D eigenvalue weighted by atomic mass is 19.1. The fraction of sp³-hybridized carbons (Fsp3) is 0.130. The number of rotatable bonds is 7. The first-order valence-corrected chi connectivity index (χ1v) is 9.04. The van der Waals surface area contributed by atoms with Gasteiger partial charge in [-0.1, -0.05) is 36.1 Å². The Morgan fingerprint density at radius 1 is 1.21 bits per heavy atom. The molecule has 0 fully saturated rings. The van der Waals surface area contributed by atoms with Crippen LogP contribution in [0.5, 0.6) is 5.75 Å². The zero-order valence-corrected chi connectivity index (χ0v) is 15.7. The van der Waals surface area contributed by atoms with E-state index in [4.69, 9.17) is 4.74 Å². The topological polar surface area (TPSA) is 67.0 Å². The predicted molar refractivity (Wildman–Crippen MR) is 110 cm³/mol. The fourth-order valence-electron chi connectivity index (χ4n) is 2.62. The fourth-order valence-corrected chi connectivity index (χ4v) is 2.62. The number of carbonyl (C=O) groups excluding carboxylic acids is 1. The van der Waals surface area contributed by atoms with Crippen molar-refractivity contribution in [2.24, 2.45) is 0 Å². The van der Waals surface area contributed by atoms with E-state index in [2.05, 4.69) is 33.9 Å². The highest BCUT2D eigenvalue weighted by molar-refractivity contribution is 5.93. The minimum absolute atomic E-state index is 0.182. The number of H-pyrrole nitrogens is 1. The molecule has 0 aliphatic carbocycles. The normalized spacial score (nSPS) is 9.97. The summed E-state index contributed by atoms with van der Waals surface area (Å²) in [5, 5.41) is 9.44. The maximum atomic E-state index is 13.0. The molecule has 0 unspecified atom stereocenters. The van der Waals surface area contributed by atoms with Crippen molar-refractivity contribution in [3.05, 3.63) is 84.3 Å². The van der Waals surface area contributed by atoms with Crippen LogP contribution >= 0.6 is 0 Å². The van der Waals surface area contributed by atoms with E-state index in [1.165, 1.54) is 12.1 Å². The van der Waals surface area contributed by atoms with Gasteiger partial charge < -0.3 is 10.1 Å². The van der Waals surface area contributed by atoms with E-state index in [0.29, 0.717) is 11.4 Å². The quantitative estimate of drug-likeness (QED) is 0.478. The van der Waals surface area contributed by atoms with Crippen molar-refractivity contribution in [1.82, 2.24) is 15.5 Å². The summed E-state index contributed by atoms with van der Waals surface area (Å²) < 4.78 is 18.7. The molecule has 0 atom stereocenters. The van der Waals surface area contributed by atoms with Crippen molar-refractivity contribution in [1.29, 1.82) is 0 Å². The molecule has 0 aliphatic heterocycles. The maximum Gasteiger partial charge on any atom is 0.270 e. The third kappa shape index (κ3) is 5.56. The monoisotopic (exact) mass is 389 g/mol. The standard InChI is InChI=1S/C23H20FN3O2/c1-2-7-18-8-3-4-9-22(18)29-15-6-5-14-25-23(28)21-16-20(26-27-21)17-10-12-19(24)13-11-17/h2-4,8-13,16H,1,7,14-15H2,(H,25,28)(H,26,27). The van der Waals surface area contributed by atoms with E-state index < -0.39 is 0 Å². The number of hydrogen-bond acceptors (Lipinski definition) is 3. The molecule has 5 nitrogen and oxygen atoms in total. The van der Waals surface area contributed by atoms with Gasteiger partial charge in [-0.15, -0.1) is 6.58 Å². The summed E-state index contributed by atoms with van der Waals surface area (Å²) in [5.74, 6) is 5.85. The van der Waals surface area contributed by atoms with Crippen molar-refractivity contribution < 1.29 is 13.9 Å². The van der Waals surface area contributed by atoms with Crippen LogP contribution in [-0.2, 0) is 6.42 Å². The van der Waals surface area contributed by atoms with Gasteiger partial charge in [-0.2, -0.15) is 5.10 Å². The van der Waals surface area contributed by atoms with Crippen LogP contribution in [0.15, 0.2) is 67.3 Å². The molecule has 0 saturated heterocycles. The first-order chi connectivity index (χ1) is 14.2. The van der Waals surface area contributed by atoms with Gasteiger partial charge in [0, 0.05) is 5.56 Å². The van der Waals surface area contributed by atoms with Crippen LogP contribution in [0.1, 0.15) is 16.1 Å². The minimum atomic E-state index is -0.325. The molecular weight excluding hydrogens is 369 g/mol. The number of amides is 1. The van der Waals surface area contributed by atoms with Gasteiger partial charge in [0.05, 0.1) is 12.2 Å². The van der Waals surface area contributed by atoms with Gasteiger partial charge in [0.2, 0.25) is 0 Å². The van der Waals surface area contributed by atoms with Crippen LogP contribution in [-0.4, -0.2) is 29.3 Å². The Kier molecular flexibility index (Phi) is 6.80. The molecule has 2 N–H and O–H groups in total. The van der Waals surface area contributed by atoms with Gasteiger partial charge in [-0.3, -0.25) is 9.89 Å². The van der Waals surface area contributed by atoms with Gasteiger partial charge in [0.1, 0.15) is 23.9 Å². The highest BCUT2D eigenvalue weighted by Gasteiger charge is 2.10. The number of allylic oxidation sites excluding steroid dienone is 1. The lowest BCUT2D eigenvalue weighted by Crippen LogP contribution is -2.24. The lowest BCUT2D eigenvalue weighted by atomic mass is 10.1. The number of para-hydroxylation sites is 1. The number of carbonyl (C=O) groups is 1. The lowest BCUT2D eigenvalue weighted by molar-refractivity contribution is 0.0953. The van der Waals surface area contributed by atoms with Crippen LogP contribution in [0.3, 0.4) is 0 Å². The third-order valence-electron chi connectivity index (χ3n) is 4.06. The zero-order chi connectivity index (χ0) is 20.5. The SMILES string of the molecule is C=CCc1ccccc1OCC#CCNC(=O)c1cc(-c2ccc(F)cc2)n[nH]1. The number of hydrogen-bond donors (Lipinski definition) is 2. The number of benzene rings is 2. The zero-order valence-electron chi connectivity index (χ0n) is 15.7. The van der Waals surface area contributed by atoms with E-state index >= 15 is 0 Å². The molecule has 0 radical (unpaired) electrons. The van der Waals surface area contributed by atoms with E-state index in [1.54, 1.807) is 18.2 Å². The second-order valence-electron chi connectivity index (χ2n) is 6.10. The Hall–Kier alpha value is -3.85. The molecule has 1 heterocycles. The molecule has 3 rings (SSSR count). The van der Waals surface area contributed by atoms with Crippen LogP contribution < -0.4 is 10.1 Å². The summed E-state index contributed by atoms with van der Waals surface area (Å²) in [6.07, 6.45) is 2.55. The highest BCUT2D eigenvalue weighted by Crippen LogP contribution is 2.19. The van der Waals surface area contributed by atoms with Gasteiger partial charge in [0.25, 0.3) is 5.91 Å². The average Bonchev–Trinajstić information content (AvgIpc) is 3.22. The molecule has 146 valence electrons. The largest absolute Gasteiger partial charge is 0.481 e. The summed E-state index contributed by atoms with van der Waals surface area (Å²) in [6, 6.07) is 15.2. The van der Waals surface area contributed by atoms with E-state index in [9.17, 15) is 9.18 Å². The Morgan fingerprint density at radius 3 is 2.79 bits per heavy atom. The van der Waals surface area contributed by atoms with Crippen molar-refractivity contribution in [3.63, 3.8) is 0 Å².